The van der Waals surface area contributed by atoms with Gasteiger partial charge in [0, 0.05) is 19.1 Å². The van der Waals surface area contributed by atoms with E-state index in [4.69, 9.17) is 4.74 Å². The van der Waals surface area contributed by atoms with Crippen LogP contribution in [0.2, 0.25) is 0 Å². The summed E-state index contributed by atoms with van der Waals surface area (Å²) in [6, 6.07) is 7.35. The molecule has 0 saturated heterocycles. The molecule has 0 unspecified atom stereocenters. The van der Waals surface area contributed by atoms with Gasteiger partial charge in [0.2, 0.25) is 0 Å². The molecule has 1 N–H and O–H groups in total. The van der Waals surface area contributed by atoms with Gasteiger partial charge in [0.05, 0.1) is 6.54 Å². The van der Waals surface area contributed by atoms with Crippen LogP contribution in [0.3, 0.4) is 0 Å². The first-order chi connectivity index (χ1) is 9.81. The van der Waals surface area contributed by atoms with Crippen LogP contribution in [-0.4, -0.2) is 43.9 Å². The minimum atomic E-state index is -4.18. The highest BCUT2D eigenvalue weighted by Gasteiger charge is 2.31. The van der Waals surface area contributed by atoms with Crippen molar-refractivity contribution in [3.8, 4) is 5.75 Å². The molecule has 0 aliphatic rings. The van der Waals surface area contributed by atoms with E-state index in [9.17, 15) is 13.2 Å². The van der Waals surface area contributed by atoms with E-state index in [1.165, 1.54) is 4.90 Å². The Morgan fingerprint density at radius 1 is 1.19 bits per heavy atom. The average Bonchev–Trinajstić information content (AvgIpc) is 2.38. The minimum Gasteiger partial charge on any atom is -0.492 e. The van der Waals surface area contributed by atoms with Crippen molar-refractivity contribution in [2.24, 2.45) is 0 Å². The molecule has 0 saturated carbocycles. The Morgan fingerprint density at radius 3 is 2.29 bits per heavy atom. The van der Waals surface area contributed by atoms with Gasteiger partial charge in [-0.25, -0.2) is 0 Å². The lowest BCUT2D eigenvalue weighted by molar-refractivity contribution is -0.150. The van der Waals surface area contributed by atoms with Crippen LogP contribution in [0.15, 0.2) is 24.3 Å². The van der Waals surface area contributed by atoms with Gasteiger partial charge in [-0.3, -0.25) is 4.90 Å². The molecule has 0 radical (unpaired) electrons. The number of alkyl halides is 3. The van der Waals surface area contributed by atoms with Gasteiger partial charge >= 0.3 is 6.18 Å². The Labute approximate surface area is 124 Å². The fourth-order valence-electron chi connectivity index (χ4n) is 1.94. The van der Waals surface area contributed by atoms with Gasteiger partial charge in [0.15, 0.2) is 0 Å². The van der Waals surface area contributed by atoms with Crippen LogP contribution in [-0.2, 0) is 6.54 Å². The van der Waals surface area contributed by atoms with E-state index in [0.29, 0.717) is 5.75 Å². The van der Waals surface area contributed by atoms with Gasteiger partial charge in [0.25, 0.3) is 0 Å². The van der Waals surface area contributed by atoms with E-state index in [1.807, 2.05) is 31.3 Å². The normalized spacial score (nSPS) is 12.2. The Morgan fingerprint density at radius 2 is 1.81 bits per heavy atom. The maximum Gasteiger partial charge on any atom is 0.401 e. The molecule has 0 aliphatic carbocycles. The Bertz CT molecular complexity index is 404. The highest BCUT2D eigenvalue weighted by Crippen LogP contribution is 2.18. The largest absolute Gasteiger partial charge is 0.492 e. The summed E-state index contributed by atoms with van der Waals surface area (Å²) in [7, 11) is 1.87. The van der Waals surface area contributed by atoms with Gasteiger partial charge in [0.1, 0.15) is 12.4 Å². The summed E-state index contributed by atoms with van der Waals surface area (Å²) in [6.45, 7) is 3.84. The van der Waals surface area contributed by atoms with Crippen molar-refractivity contribution < 1.29 is 17.9 Å². The summed E-state index contributed by atoms with van der Waals surface area (Å²) in [5, 5.41) is 3.04. The number of hydrogen-bond donors (Lipinski definition) is 1. The number of nitrogens with zero attached hydrogens (tertiary/aromatic N) is 1. The highest BCUT2D eigenvalue weighted by atomic mass is 19.4. The smallest absolute Gasteiger partial charge is 0.401 e. The van der Waals surface area contributed by atoms with Crippen LogP contribution in [0, 0.1) is 0 Å². The van der Waals surface area contributed by atoms with Gasteiger partial charge in [-0.05, 0) is 38.6 Å². The van der Waals surface area contributed by atoms with Crippen molar-refractivity contribution in [2.75, 3.05) is 26.7 Å². The molecule has 1 aromatic carbocycles. The lowest BCUT2D eigenvalue weighted by atomic mass is 10.2. The molecule has 0 fully saturated rings. The third-order valence-corrected chi connectivity index (χ3v) is 3.06. The average molecular weight is 304 g/mol. The number of nitrogens with one attached hydrogen (secondary N) is 1. The molecule has 0 amide bonds. The van der Waals surface area contributed by atoms with E-state index < -0.39 is 12.7 Å². The third-order valence-electron chi connectivity index (χ3n) is 3.06. The van der Waals surface area contributed by atoms with E-state index >= 15 is 0 Å². The summed E-state index contributed by atoms with van der Waals surface area (Å²) in [6.07, 6.45) is -4.18. The molecular formula is C15H23F3N2O. The van der Waals surface area contributed by atoms with E-state index in [-0.39, 0.29) is 19.2 Å². The number of ether oxygens (including phenoxy) is 1. The van der Waals surface area contributed by atoms with Gasteiger partial charge in [-0.1, -0.05) is 12.1 Å². The SMILES string of the molecule is CNCc1ccc(OCCN(CC(F)(F)F)C(C)C)cc1. The molecule has 0 atom stereocenters. The molecule has 0 spiro atoms. The molecule has 0 aliphatic heterocycles. The Hall–Kier alpha value is -1.27. The van der Waals surface area contributed by atoms with Crippen LogP contribution < -0.4 is 10.1 Å². The molecule has 0 heterocycles. The van der Waals surface area contributed by atoms with Gasteiger partial charge in [-0.15, -0.1) is 0 Å². The van der Waals surface area contributed by atoms with E-state index in [1.54, 1.807) is 13.8 Å². The van der Waals surface area contributed by atoms with E-state index in [2.05, 4.69) is 5.32 Å². The van der Waals surface area contributed by atoms with E-state index in [0.717, 1.165) is 12.1 Å². The third kappa shape index (κ3) is 7.34. The van der Waals surface area contributed by atoms with Crippen LogP contribution in [0.1, 0.15) is 19.4 Å². The highest BCUT2D eigenvalue weighted by molar-refractivity contribution is 5.27. The van der Waals surface area contributed by atoms with Crippen molar-refractivity contribution in [3.63, 3.8) is 0 Å². The number of halogens is 3. The fraction of sp³-hybridized carbons (Fsp3) is 0.600. The summed E-state index contributed by atoms with van der Waals surface area (Å²) in [5.74, 6) is 0.672. The number of hydrogen-bond acceptors (Lipinski definition) is 3. The number of rotatable bonds is 8. The van der Waals surface area contributed by atoms with Crippen LogP contribution in [0.4, 0.5) is 13.2 Å². The molecule has 1 rings (SSSR count). The Kier molecular flexibility index (Phi) is 6.98. The second-order valence-corrected chi connectivity index (χ2v) is 5.20. The zero-order valence-electron chi connectivity index (χ0n) is 12.7. The molecule has 1 aromatic rings. The van der Waals surface area contributed by atoms with Crippen molar-refractivity contribution in [1.82, 2.24) is 10.2 Å². The predicted molar refractivity (Wildman–Crippen MR) is 77.5 cm³/mol. The first-order valence-electron chi connectivity index (χ1n) is 6.99. The molecule has 6 heteroatoms. The molecule has 0 aromatic heterocycles. The van der Waals surface area contributed by atoms with Crippen molar-refractivity contribution in [3.05, 3.63) is 29.8 Å². The second-order valence-electron chi connectivity index (χ2n) is 5.20. The molecule has 120 valence electrons. The lowest BCUT2D eigenvalue weighted by Crippen LogP contribution is -2.41. The Balaban J connectivity index is 2.43. The summed E-state index contributed by atoms with van der Waals surface area (Å²) >= 11 is 0. The fourth-order valence-corrected chi connectivity index (χ4v) is 1.94. The molecule has 21 heavy (non-hydrogen) atoms. The maximum atomic E-state index is 12.4. The second kappa shape index (κ2) is 8.24. The first-order valence-corrected chi connectivity index (χ1v) is 6.99. The predicted octanol–water partition coefficient (Wildman–Crippen LogP) is 3.06. The van der Waals surface area contributed by atoms with Gasteiger partial charge < -0.3 is 10.1 Å². The lowest BCUT2D eigenvalue weighted by Gasteiger charge is -2.27. The minimum absolute atomic E-state index is 0.173. The monoisotopic (exact) mass is 304 g/mol. The van der Waals surface area contributed by atoms with Gasteiger partial charge in [-0.2, -0.15) is 13.2 Å². The summed E-state index contributed by atoms with van der Waals surface area (Å²) in [4.78, 5) is 1.36. The molecular weight excluding hydrogens is 281 g/mol. The van der Waals surface area contributed by atoms with Crippen LogP contribution >= 0.6 is 0 Å². The molecule has 3 nitrogen and oxygen atoms in total. The number of benzene rings is 1. The quantitative estimate of drug-likeness (QED) is 0.799. The zero-order chi connectivity index (χ0) is 15.9. The molecule has 0 bridgehead atoms. The van der Waals surface area contributed by atoms with Crippen LogP contribution in [0.25, 0.3) is 0 Å². The summed E-state index contributed by atoms with van der Waals surface area (Å²) in [5.41, 5.74) is 1.13. The maximum absolute atomic E-state index is 12.4. The van der Waals surface area contributed by atoms with Crippen LogP contribution in [0.5, 0.6) is 5.75 Å². The van der Waals surface area contributed by atoms with Crippen molar-refractivity contribution >= 4 is 0 Å². The first kappa shape index (κ1) is 17.8. The van der Waals surface area contributed by atoms with Crippen molar-refractivity contribution in [2.45, 2.75) is 32.6 Å². The standard InChI is InChI=1S/C15H23F3N2O/c1-12(2)20(11-15(16,17)18)8-9-21-14-6-4-13(5-7-14)10-19-3/h4-7,12,19H,8-11H2,1-3H3. The topological polar surface area (TPSA) is 24.5 Å². The zero-order valence-corrected chi connectivity index (χ0v) is 12.7. The van der Waals surface area contributed by atoms with Crippen molar-refractivity contribution in [1.29, 1.82) is 0 Å². The summed E-state index contributed by atoms with van der Waals surface area (Å²) < 4.78 is 42.8.